The van der Waals surface area contributed by atoms with Crippen molar-refractivity contribution >= 4 is 5.78 Å². The smallest absolute Gasteiger partial charge is 0.158 e. The Bertz CT molecular complexity index is 196. The lowest BCUT2D eigenvalue weighted by atomic mass is 9.80. The molecule has 2 nitrogen and oxygen atoms in total. The summed E-state index contributed by atoms with van der Waals surface area (Å²) in [5.41, 5.74) is 0. The maximum atomic E-state index is 10.9. The minimum Gasteiger partial charge on any atom is -0.385 e. The summed E-state index contributed by atoms with van der Waals surface area (Å²) in [7, 11) is 0. The number of carbonyl (C=O) groups excluding carboxylic acids is 1. The number of Topliss-reactive ketones (excluding diaryl/α,β-unsaturated/α-hetero) is 1. The van der Waals surface area contributed by atoms with E-state index in [1.165, 1.54) is 6.92 Å². The summed E-state index contributed by atoms with van der Waals surface area (Å²) in [5, 5.41) is 9.54. The van der Waals surface area contributed by atoms with Gasteiger partial charge in [-0.15, -0.1) is 0 Å². The molecular weight excluding hydrogens is 152 g/mol. The zero-order chi connectivity index (χ0) is 9.14. The van der Waals surface area contributed by atoms with Gasteiger partial charge in [0.15, 0.2) is 5.78 Å². The predicted octanol–water partition coefficient (Wildman–Crippen LogP) is 1.54. The fourth-order valence-corrected chi connectivity index (χ4v) is 1.75. The van der Waals surface area contributed by atoms with Crippen LogP contribution >= 0.6 is 0 Å². The van der Waals surface area contributed by atoms with Crippen LogP contribution in [0.25, 0.3) is 0 Å². The van der Waals surface area contributed by atoms with Crippen molar-refractivity contribution in [1.29, 1.82) is 0 Å². The highest BCUT2D eigenvalue weighted by Crippen LogP contribution is 2.27. The van der Waals surface area contributed by atoms with Crippen molar-refractivity contribution in [2.45, 2.75) is 32.8 Å². The fourth-order valence-electron chi connectivity index (χ4n) is 1.75. The molecule has 1 rings (SSSR count). The standard InChI is InChI=1S/C10H16O2/c1-7-5-3-4-6-9(7)10(12)8(2)11/h3,5,7,9-10,12H,4,6H2,1-2H3. The maximum absolute atomic E-state index is 10.9. The lowest BCUT2D eigenvalue weighted by Gasteiger charge is -2.27. The Labute approximate surface area is 73.3 Å². The van der Waals surface area contributed by atoms with E-state index in [0.29, 0.717) is 5.92 Å². The molecular formula is C10H16O2. The summed E-state index contributed by atoms with van der Waals surface area (Å²) in [4.78, 5) is 10.9. The fraction of sp³-hybridized carbons (Fsp3) is 0.700. The number of allylic oxidation sites excluding steroid dienone is 2. The van der Waals surface area contributed by atoms with Gasteiger partial charge < -0.3 is 5.11 Å². The quantitative estimate of drug-likeness (QED) is 0.635. The first-order valence-corrected chi connectivity index (χ1v) is 4.48. The van der Waals surface area contributed by atoms with Crippen molar-refractivity contribution in [3.63, 3.8) is 0 Å². The highest BCUT2D eigenvalue weighted by Gasteiger charge is 2.27. The van der Waals surface area contributed by atoms with Gasteiger partial charge in [0.25, 0.3) is 0 Å². The monoisotopic (exact) mass is 168 g/mol. The molecule has 0 amide bonds. The van der Waals surface area contributed by atoms with Crippen molar-refractivity contribution in [2.24, 2.45) is 11.8 Å². The number of hydrogen-bond acceptors (Lipinski definition) is 2. The van der Waals surface area contributed by atoms with E-state index in [9.17, 15) is 9.90 Å². The molecule has 0 saturated heterocycles. The third-order valence-corrected chi connectivity index (χ3v) is 2.60. The van der Waals surface area contributed by atoms with E-state index in [4.69, 9.17) is 0 Å². The maximum Gasteiger partial charge on any atom is 0.158 e. The van der Waals surface area contributed by atoms with Gasteiger partial charge in [-0.1, -0.05) is 19.1 Å². The summed E-state index contributed by atoms with van der Waals surface area (Å²) in [6.07, 6.45) is 5.36. The van der Waals surface area contributed by atoms with Crippen molar-refractivity contribution in [2.75, 3.05) is 0 Å². The molecule has 0 bridgehead atoms. The second-order valence-electron chi connectivity index (χ2n) is 3.58. The Balaban J connectivity index is 2.62. The first-order chi connectivity index (χ1) is 5.63. The largest absolute Gasteiger partial charge is 0.385 e. The van der Waals surface area contributed by atoms with Gasteiger partial charge in [0.05, 0.1) is 0 Å². The molecule has 1 aliphatic carbocycles. The Hall–Kier alpha value is -0.630. The van der Waals surface area contributed by atoms with Gasteiger partial charge in [0, 0.05) is 0 Å². The Kier molecular flexibility index (Phi) is 3.04. The third kappa shape index (κ3) is 1.95. The molecule has 0 aromatic carbocycles. The van der Waals surface area contributed by atoms with Crippen LogP contribution in [0.15, 0.2) is 12.2 Å². The molecule has 0 aromatic heterocycles. The molecule has 0 saturated carbocycles. The van der Waals surface area contributed by atoms with Crippen LogP contribution in [-0.4, -0.2) is 17.0 Å². The van der Waals surface area contributed by atoms with Crippen LogP contribution in [0.5, 0.6) is 0 Å². The minimum atomic E-state index is -0.759. The van der Waals surface area contributed by atoms with E-state index >= 15 is 0 Å². The number of ketones is 1. The molecule has 3 atom stereocenters. The van der Waals surface area contributed by atoms with Gasteiger partial charge in [0.1, 0.15) is 6.10 Å². The lowest BCUT2D eigenvalue weighted by molar-refractivity contribution is -0.128. The van der Waals surface area contributed by atoms with Crippen LogP contribution in [0, 0.1) is 11.8 Å². The van der Waals surface area contributed by atoms with E-state index in [0.717, 1.165) is 12.8 Å². The minimum absolute atomic E-state index is 0.109. The van der Waals surface area contributed by atoms with Gasteiger partial charge in [-0.3, -0.25) is 4.79 Å². The molecule has 0 fully saturated rings. The molecule has 0 aliphatic heterocycles. The SMILES string of the molecule is CC(=O)C(O)C1CCC=CC1C. The van der Waals surface area contributed by atoms with E-state index in [1.54, 1.807) is 0 Å². The highest BCUT2D eigenvalue weighted by atomic mass is 16.3. The van der Waals surface area contributed by atoms with E-state index in [1.807, 2.05) is 6.92 Å². The molecule has 1 N–H and O–H groups in total. The Morgan fingerprint density at radius 1 is 1.67 bits per heavy atom. The zero-order valence-corrected chi connectivity index (χ0v) is 7.66. The molecule has 2 heteroatoms. The van der Waals surface area contributed by atoms with Gasteiger partial charge >= 0.3 is 0 Å². The summed E-state index contributed by atoms with van der Waals surface area (Å²) in [5.74, 6) is 0.354. The Morgan fingerprint density at radius 2 is 2.33 bits per heavy atom. The van der Waals surface area contributed by atoms with Crippen LogP contribution in [0.1, 0.15) is 26.7 Å². The second-order valence-corrected chi connectivity index (χ2v) is 3.58. The van der Waals surface area contributed by atoms with Crippen LogP contribution in [-0.2, 0) is 4.79 Å². The highest BCUT2D eigenvalue weighted by molar-refractivity contribution is 5.80. The zero-order valence-electron chi connectivity index (χ0n) is 7.66. The normalized spacial score (nSPS) is 31.6. The number of hydrogen-bond donors (Lipinski definition) is 1. The average molecular weight is 168 g/mol. The van der Waals surface area contributed by atoms with Crippen molar-refractivity contribution in [3.8, 4) is 0 Å². The molecule has 12 heavy (non-hydrogen) atoms. The topological polar surface area (TPSA) is 37.3 Å². The van der Waals surface area contributed by atoms with Crippen LogP contribution < -0.4 is 0 Å². The average Bonchev–Trinajstić information content (AvgIpc) is 2.04. The summed E-state index contributed by atoms with van der Waals surface area (Å²) >= 11 is 0. The first-order valence-electron chi connectivity index (χ1n) is 4.48. The van der Waals surface area contributed by atoms with Crippen LogP contribution in [0.3, 0.4) is 0 Å². The van der Waals surface area contributed by atoms with Gasteiger partial charge in [-0.2, -0.15) is 0 Å². The van der Waals surface area contributed by atoms with Crippen molar-refractivity contribution in [1.82, 2.24) is 0 Å². The summed E-state index contributed by atoms with van der Waals surface area (Å²) in [6.45, 7) is 3.50. The molecule has 0 radical (unpaired) electrons. The van der Waals surface area contributed by atoms with Crippen LogP contribution in [0.4, 0.5) is 0 Å². The summed E-state index contributed by atoms with van der Waals surface area (Å²) in [6, 6.07) is 0. The van der Waals surface area contributed by atoms with Crippen molar-refractivity contribution in [3.05, 3.63) is 12.2 Å². The molecule has 1 aliphatic rings. The molecule has 0 heterocycles. The molecule has 68 valence electrons. The second kappa shape index (κ2) is 3.85. The molecule has 0 spiro atoms. The van der Waals surface area contributed by atoms with Gasteiger partial charge in [0.2, 0.25) is 0 Å². The third-order valence-electron chi connectivity index (χ3n) is 2.60. The van der Waals surface area contributed by atoms with Gasteiger partial charge in [-0.05, 0) is 31.6 Å². The lowest BCUT2D eigenvalue weighted by Crippen LogP contribution is -2.32. The van der Waals surface area contributed by atoms with Crippen LogP contribution in [0.2, 0.25) is 0 Å². The first kappa shape index (κ1) is 9.46. The van der Waals surface area contributed by atoms with E-state index in [-0.39, 0.29) is 11.7 Å². The molecule has 3 unspecified atom stereocenters. The van der Waals surface area contributed by atoms with E-state index < -0.39 is 6.10 Å². The van der Waals surface area contributed by atoms with E-state index in [2.05, 4.69) is 12.2 Å². The van der Waals surface area contributed by atoms with Gasteiger partial charge in [-0.25, -0.2) is 0 Å². The number of aliphatic hydroxyl groups is 1. The number of aliphatic hydroxyl groups excluding tert-OH is 1. The predicted molar refractivity (Wildman–Crippen MR) is 47.7 cm³/mol. The summed E-state index contributed by atoms with van der Waals surface area (Å²) < 4.78 is 0. The number of carbonyl (C=O) groups is 1. The van der Waals surface area contributed by atoms with Crippen molar-refractivity contribution < 1.29 is 9.90 Å². The Morgan fingerprint density at radius 3 is 2.83 bits per heavy atom. The number of rotatable bonds is 2. The molecule has 0 aromatic rings.